The SMILES string of the molecule is CC([SiH3])C(C)(C)C#Cc1ccccc1. The minimum Gasteiger partial charge on any atom is -0.0917 e. The van der Waals surface area contributed by atoms with Gasteiger partial charge >= 0.3 is 0 Å². The Morgan fingerprint density at radius 1 is 1.21 bits per heavy atom. The molecule has 14 heavy (non-hydrogen) atoms. The summed E-state index contributed by atoms with van der Waals surface area (Å²) in [5.41, 5.74) is 1.99. The molecule has 0 amide bonds. The summed E-state index contributed by atoms with van der Waals surface area (Å²) in [6.45, 7) is 6.72. The molecular weight excluding hydrogens is 184 g/mol. The Morgan fingerprint density at radius 2 is 1.79 bits per heavy atom. The van der Waals surface area contributed by atoms with Gasteiger partial charge in [-0.15, -0.1) is 0 Å². The van der Waals surface area contributed by atoms with Crippen LogP contribution in [-0.4, -0.2) is 10.2 Å². The van der Waals surface area contributed by atoms with E-state index in [9.17, 15) is 0 Å². The first kappa shape index (κ1) is 11.1. The average molecular weight is 202 g/mol. The normalized spacial score (nSPS) is 13.1. The van der Waals surface area contributed by atoms with Crippen molar-refractivity contribution in [3.8, 4) is 11.8 Å². The van der Waals surface area contributed by atoms with E-state index in [1.165, 1.54) is 10.2 Å². The summed E-state index contributed by atoms with van der Waals surface area (Å²) in [7, 11) is 1.20. The smallest absolute Gasteiger partial charge is 0.0255 e. The maximum absolute atomic E-state index is 3.36. The third kappa shape index (κ3) is 3.05. The predicted molar refractivity (Wildman–Crippen MR) is 66.5 cm³/mol. The lowest BCUT2D eigenvalue weighted by molar-refractivity contribution is 0.485. The molecule has 0 spiro atoms. The molecule has 1 aromatic carbocycles. The monoisotopic (exact) mass is 202 g/mol. The highest BCUT2D eigenvalue weighted by atomic mass is 28.1. The lowest BCUT2D eigenvalue weighted by atomic mass is 9.90. The Bertz CT molecular complexity index is 338. The zero-order valence-corrected chi connectivity index (χ0v) is 11.5. The molecule has 1 unspecified atom stereocenters. The quantitative estimate of drug-likeness (QED) is 0.484. The van der Waals surface area contributed by atoms with Crippen LogP contribution in [0.3, 0.4) is 0 Å². The molecular formula is C13H18Si. The van der Waals surface area contributed by atoms with Crippen LogP contribution in [0.25, 0.3) is 0 Å². The summed E-state index contributed by atoms with van der Waals surface area (Å²) in [6.07, 6.45) is 0. The Morgan fingerprint density at radius 3 is 2.29 bits per heavy atom. The van der Waals surface area contributed by atoms with E-state index in [0.717, 1.165) is 11.1 Å². The molecule has 0 nitrogen and oxygen atoms in total. The molecule has 0 N–H and O–H groups in total. The summed E-state index contributed by atoms with van der Waals surface area (Å²) in [4.78, 5) is 0. The zero-order valence-electron chi connectivity index (χ0n) is 9.46. The fourth-order valence-corrected chi connectivity index (χ4v) is 1.04. The van der Waals surface area contributed by atoms with Gasteiger partial charge in [-0.3, -0.25) is 0 Å². The largest absolute Gasteiger partial charge is 0.0917 e. The lowest BCUT2D eigenvalue weighted by Gasteiger charge is -2.22. The molecule has 0 aliphatic carbocycles. The highest BCUT2D eigenvalue weighted by Gasteiger charge is 2.18. The Kier molecular flexibility index (Phi) is 3.54. The van der Waals surface area contributed by atoms with Gasteiger partial charge in [0.05, 0.1) is 0 Å². The molecule has 1 rings (SSSR count). The van der Waals surface area contributed by atoms with Gasteiger partial charge in [0.1, 0.15) is 0 Å². The van der Waals surface area contributed by atoms with Crippen LogP contribution in [-0.2, 0) is 0 Å². The van der Waals surface area contributed by atoms with Crippen LogP contribution < -0.4 is 0 Å². The van der Waals surface area contributed by atoms with E-state index in [-0.39, 0.29) is 5.41 Å². The first-order valence-corrected chi connectivity index (χ1v) is 6.26. The van der Waals surface area contributed by atoms with Crippen LogP contribution in [0.15, 0.2) is 30.3 Å². The molecule has 0 saturated carbocycles. The van der Waals surface area contributed by atoms with E-state index in [1.807, 2.05) is 18.2 Å². The Labute approximate surface area is 90.2 Å². The van der Waals surface area contributed by atoms with Crippen LogP contribution in [0, 0.1) is 17.3 Å². The van der Waals surface area contributed by atoms with Crippen molar-refractivity contribution in [2.75, 3.05) is 0 Å². The lowest BCUT2D eigenvalue weighted by Crippen LogP contribution is -2.14. The molecule has 1 atom stereocenters. The molecule has 0 radical (unpaired) electrons. The van der Waals surface area contributed by atoms with Crippen LogP contribution in [0.2, 0.25) is 5.54 Å². The molecule has 1 heteroatoms. The van der Waals surface area contributed by atoms with E-state index in [0.29, 0.717) is 0 Å². The third-order valence-corrected chi connectivity index (χ3v) is 4.19. The molecule has 0 fully saturated rings. The van der Waals surface area contributed by atoms with Crippen molar-refractivity contribution in [2.24, 2.45) is 5.41 Å². The van der Waals surface area contributed by atoms with Gasteiger partial charge < -0.3 is 0 Å². The molecule has 0 bridgehead atoms. The fourth-order valence-electron chi connectivity index (χ4n) is 0.899. The average Bonchev–Trinajstić information content (AvgIpc) is 2.16. The van der Waals surface area contributed by atoms with Crippen molar-refractivity contribution in [3.05, 3.63) is 35.9 Å². The van der Waals surface area contributed by atoms with Gasteiger partial charge in [0.25, 0.3) is 0 Å². The van der Waals surface area contributed by atoms with Crippen LogP contribution in [0.1, 0.15) is 26.3 Å². The molecule has 0 aromatic heterocycles. The van der Waals surface area contributed by atoms with Gasteiger partial charge in [0.2, 0.25) is 0 Å². The number of hydrogen-bond donors (Lipinski definition) is 0. The zero-order chi connectivity index (χ0) is 10.6. The second-order valence-corrected chi connectivity index (χ2v) is 6.22. The topological polar surface area (TPSA) is 0 Å². The van der Waals surface area contributed by atoms with Crippen molar-refractivity contribution in [2.45, 2.75) is 26.3 Å². The van der Waals surface area contributed by atoms with E-state index >= 15 is 0 Å². The van der Waals surface area contributed by atoms with Gasteiger partial charge in [-0.1, -0.05) is 37.0 Å². The van der Waals surface area contributed by atoms with E-state index < -0.39 is 0 Å². The van der Waals surface area contributed by atoms with Crippen molar-refractivity contribution < 1.29 is 0 Å². The third-order valence-electron chi connectivity index (χ3n) is 2.75. The highest BCUT2D eigenvalue weighted by Crippen LogP contribution is 2.27. The van der Waals surface area contributed by atoms with Gasteiger partial charge in [-0.05, 0) is 31.5 Å². The van der Waals surface area contributed by atoms with Gasteiger partial charge in [0, 0.05) is 21.2 Å². The molecule has 0 aliphatic rings. The summed E-state index contributed by atoms with van der Waals surface area (Å²) in [6, 6.07) is 10.2. The maximum atomic E-state index is 3.36. The Balaban J connectivity index is 2.83. The molecule has 0 aliphatic heterocycles. The highest BCUT2D eigenvalue weighted by molar-refractivity contribution is 6.12. The summed E-state index contributed by atoms with van der Waals surface area (Å²) < 4.78 is 0. The number of benzene rings is 1. The first-order chi connectivity index (χ1) is 6.52. The minimum absolute atomic E-state index is 0.155. The van der Waals surface area contributed by atoms with E-state index in [4.69, 9.17) is 0 Å². The number of hydrogen-bond acceptors (Lipinski definition) is 0. The maximum Gasteiger partial charge on any atom is 0.0255 e. The molecule has 0 heterocycles. The van der Waals surface area contributed by atoms with Crippen LogP contribution in [0.5, 0.6) is 0 Å². The second-order valence-electron chi connectivity index (χ2n) is 4.49. The van der Waals surface area contributed by atoms with Gasteiger partial charge in [-0.2, -0.15) is 0 Å². The van der Waals surface area contributed by atoms with Crippen LogP contribution >= 0.6 is 0 Å². The van der Waals surface area contributed by atoms with Crippen LogP contribution in [0.4, 0.5) is 0 Å². The fraction of sp³-hybridized carbons (Fsp3) is 0.385. The molecule has 74 valence electrons. The van der Waals surface area contributed by atoms with Crippen molar-refractivity contribution in [3.63, 3.8) is 0 Å². The summed E-state index contributed by atoms with van der Waals surface area (Å²) >= 11 is 0. The minimum atomic E-state index is 0.155. The van der Waals surface area contributed by atoms with Gasteiger partial charge in [0.15, 0.2) is 0 Å². The molecule has 0 saturated heterocycles. The number of rotatable bonds is 1. The second kappa shape index (κ2) is 4.48. The van der Waals surface area contributed by atoms with E-state index in [2.05, 4.69) is 44.7 Å². The van der Waals surface area contributed by atoms with Crippen molar-refractivity contribution in [1.29, 1.82) is 0 Å². The predicted octanol–water partition coefficient (Wildman–Crippen LogP) is 2.24. The van der Waals surface area contributed by atoms with Gasteiger partial charge in [-0.25, -0.2) is 0 Å². The first-order valence-electron chi connectivity index (χ1n) is 5.10. The van der Waals surface area contributed by atoms with Crippen molar-refractivity contribution in [1.82, 2.24) is 0 Å². The standard InChI is InChI=1S/C13H18Si/c1-11(14)13(2,3)10-9-12-7-5-4-6-8-12/h4-8,11H,1-3,14H3. The Hall–Kier alpha value is -1.00. The molecule has 1 aromatic rings. The summed E-state index contributed by atoms with van der Waals surface area (Å²) in [5, 5.41) is 0. The summed E-state index contributed by atoms with van der Waals surface area (Å²) in [5.74, 6) is 6.60. The van der Waals surface area contributed by atoms with Crippen molar-refractivity contribution >= 4 is 10.2 Å². The van der Waals surface area contributed by atoms with E-state index in [1.54, 1.807) is 0 Å².